The van der Waals surface area contributed by atoms with Crippen molar-refractivity contribution in [2.24, 2.45) is 9.98 Å². The Labute approximate surface area is 344 Å². The number of ether oxygens (including phenoxy) is 9. The van der Waals surface area contributed by atoms with E-state index in [-0.39, 0.29) is 5.75 Å². The molecule has 1 aromatic carbocycles. The normalized spacial score (nSPS) is 42.4. The number of hydrogen-bond donors (Lipinski definition) is 11. The Bertz CT molecular complexity index is 1680. The van der Waals surface area contributed by atoms with E-state index in [1.807, 2.05) is 0 Å². The van der Waals surface area contributed by atoms with Crippen LogP contribution in [0.1, 0.15) is 13.8 Å². The summed E-state index contributed by atoms with van der Waals surface area (Å²) in [6.07, 6.45) is -36.6. The molecule has 0 radical (unpaired) electrons. The molecule has 4 saturated heterocycles. The molecule has 20 atom stereocenters. The molecule has 0 saturated carbocycles. The molecule has 0 unspecified atom stereocenters. The molecule has 4 fully saturated rings. The van der Waals surface area contributed by atoms with Gasteiger partial charge in [0.1, 0.15) is 96.8 Å². The first kappa shape index (κ1) is 48.1. The maximum absolute atomic E-state index is 12.5. The van der Waals surface area contributed by atoms with Gasteiger partial charge in [0, 0.05) is 0 Å². The van der Waals surface area contributed by atoms with Gasteiger partial charge < -0.3 is 109 Å². The van der Waals surface area contributed by atoms with Crippen LogP contribution in [-0.4, -0.2) is 223 Å². The second kappa shape index (κ2) is 20.5. The number of hydrogen-bond acceptors (Lipinski definition) is 24. The van der Waals surface area contributed by atoms with E-state index in [9.17, 15) is 76.0 Å². The highest BCUT2D eigenvalue weighted by Crippen LogP contribution is 2.36. The number of rotatable bonds is 15. The van der Waals surface area contributed by atoms with Crippen molar-refractivity contribution in [1.29, 1.82) is 0 Å². The number of carboxylic acid groups (broad SMARTS) is 2. The van der Waals surface area contributed by atoms with E-state index in [4.69, 9.17) is 42.6 Å². The second-order valence-corrected chi connectivity index (χ2v) is 14.3. The van der Waals surface area contributed by atoms with Gasteiger partial charge in [-0.25, -0.2) is 9.59 Å². The maximum atomic E-state index is 12.5. The Morgan fingerprint density at radius 2 is 1.00 bits per heavy atom. The van der Waals surface area contributed by atoms with Gasteiger partial charge in [-0.05, 0) is 49.9 Å². The predicted molar refractivity (Wildman–Crippen MR) is 188 cm³/mol. The monoisotopic (exact) mass is 880 g/mol. The summed E-state index contributed by atoms with van der Waals surface area (Å²) < 4.78 is 49.7. The molecule has 4 aliphatic heterocycles. The minimum absolute atomic E-state index is 0.0699. The second-order valence-electron chi connectivity index (χ2n) is 14.3. The fraction of sp³-hybridized carbons (Fsp3) is 0.714. The van der Waals surface area contributed by atoms with Crippen LogP contribution in [0.3, 0.4) is 0 Å². The first-order valence-electron chi connectivity index (χ1n) is 18.6. The molecule has 61 heavy (non-hydrogen) atoms. The lowest BCUT2D eigenvalue weighted by molar-refractivity contribution is -0.366. The Morgan fingerprint density at radius 1 is 0.574 bits per heavy atom. The standard InChI is InChI=1S/C35H50N2O24/c1-10(40)36-16-20(44)18(42)14(8-38)55-32(16)58-26-22(46)24(48)35(61-29(26)31(51)52)57-25-17(37-11(2)41)33(56-15(9-39)19(25)43)59-27-21(45)23(47)34(60-28(27)30(49)50)54-13-6-4-12(53-3)5-7-13/h4-7,14-29,32-35,38-39,42-48H,8-9H2,1-3H3,(H,36,40)(H,37,41)(H,49,50)(H,51,52)/p-2/t14-,15-,16-,17-,18-,19-,20-,21-,22-,23-,24-,25-,26+,27+,28+,29+,32+,33+,34-,35-/m1/s1. The van der Waals surface area contributed by atoms with E-state index in [2.05, 4.69) is 9.98 Å². The topological polar surface area (TPSA) is 411 Å². The molecule has 0 aromatic heterocycles. The van der Waals surface area contributed by atoms with Gasteiger partial charge >= 0.3 is 11.9 Å². The summed E-state index contributed by atoms with van der Waals surface area (Å²) in [5.41, 5.74) is 0. The first-order chi connectivity index (χ1) is 28.8. The molecule has 4 heterocycles. The zero-order valence-corrected chi connectivity index (χ0v) is 32.4. The van der Waals surface area contributed by atoms with Crippen LogP contribution in [0.2, 0.25) is 0 Å². The number of carbonyl (C=O) groups is 2. The zero-order valence-electron chi connectivity index (χ0n) is 32.4. The number of nitrogens with zero attached hydrogens (tertiary/aromatic N) is 2. The lowest BCUT2D eigenvalue weighted by atomic mass is 9.94. The minimum atomic E-state index is -2.32. The van der Waals surface area contributed by atoms with Gasteiger partial charge in [0.25, 0.3) is 0 Å². The van der Waals surface area contributed by atoms with Crippen LogP contribution in [-0.2, 0) is 42.7 Å². The molecule has 1 aromatic rings. The lowest BCUT2D eigenvalue weighted by Crippen LogP contribution is -2.68. The summed E-state index contributed by atoms with van der Waals surface area (Å²) in [5, 5.41) is 141. The van der Waals surface area contributed by atoms with Gasteiger partial charge in [-0.1, -0.05) is 0 Å². The van der Waals surface area contributed by atoms with Crippen LogP contribution in [0.25, 0.3) is 0 Å². The van der Waals surface area contributed by atoms with Crippen molar-refractivity contribution in [3.63, 3.8) is 0 Å². The van der Waals surface area contributed by atoms with E-state index in [1.54, 1.807) is 0 Å². The number of aliphatic carboxylic acids is 2. The van der Waals surface area contributed by atoms with E-state index in [0.717, 1.165) is 13.8 Å². The van der Waals surface area contributed by atoms with Crippen molar-refractivity contribution in [2.45, 2.75) is 137 Å². The van der Waals surface area contributed by atoms with E-state index < -0.39 is 160 Å². The Morgan fingerprint density at radius 3 is 1.48 bits per heavy atom. The Balaban J connectivity index is 1.40. The highest BCUT2D eigenvalue weighted by molar-refractivity contribution is 5.74. The third-order valence-corrected chi connectivity index (χ3v) is 10.1. The average Bonchev–Trinajstić information content (AvgIpc) is 3.21. The van der Waals surface area contributed by atoms with Crippen LogP contribution in [0.15, 0.2) is 34.3 Å². The maximum Gasteiger partial charge on any atom is 0.335 e. The molecule has 0 bridgehead atoms. The van der Waals surface area contributed by atoms with Gasteiger partial charge in [-0.3, -0.25) is 9.98 Å². The summed E-state index contributed by atoms with van der Waals surface area (Å²) in [4.78, 5) is 32.4. The van der Waals surface area contributed by atoms with Crippen molar-refractivity contribution in [3.05, 3.63) is 24.3 Å². The molecule has 5 rings (SSSR count). The fourth-order valence-corrected chi connectivity index (χ4v) is 7.04. The minimum Gasteiger partial charge on any atom is -0.862 e. The van der Waals surface area contributed by atoms with Crippen molar-refractivity contribution in [3.8, 4) is 11.5 Å². The summed E-state index contributed by atoms with van der Waals surface area (Å²) >= 11 is 0. The molecule has 26 heteroatoms. The number of aliphatic imine (C=N–C) groups is 2. The van der Waals surface area contributed by atoms with E-state index >= 15 is 0 Å². The number of aliphatic hydroxyl groups is 9. The molecule has 0 amide bonds. The summed E-state index contributed by atoms with van der Waals surface area (Å²) in [6.45, 7) is -0.0382. The number of aliphatic hydroxyl groups excluding tert-OH is 9. The molecule has 0 aliphatic carbocycles. The molecule has 11 N–H and O–H groups in total. The van der Waals surface area contributed by atoms with Crippen molar-refractivity contribution < 1.29 is 119 Å². The van der Waals surface area contributed by atoms with Crippen LogP contribution in [0, 0.1) is 0 Å². The van der Waals surface area contributed by atoms with Crippen LogP contribution >= 0.6 is 0 Å². The highest BCUT2D eigenvalue weighted by atomic mass is 16.8. The summed E-state index contributed by atoms with van der Waals surface area (Å²) in [5.74, 6) is -5.01. The van der Waals surface area contributed by atoms with Crippen LogP contribution in [0.4, 0.5) is 0 Å². The SMILES string of the molecule is COc1ccc(O[C@@H]2O[C@H](C(=O)O)[C@@H](O[C@@H]3O[C@H](CO)[C@@H](O)[C@H](O[C@@H]4O[C@H](C(=O)O)[C@@H](O[C@@H]5O[C@H](CO)[C@@H](O)[C@H](O)[C@H]5N=C(C)[O-])[C@H](O)[C@H]4O)[C@H]3N=C(C)[O-])[C@H](O)[C@H]2O)cc1. The quantitative estimate of drug-likeness (QED) is 0.0575. The summed E-state index contributed by atoms with van der Waals surface area (Å²) in [7, 11) is 1.41. The summed E-state index contributed by atoms with van der Waals surface area (Å²) in [6, 6.07) is 2.10. The van der Waals surface area contributed by atoms with Crippen molar-refractivity contribution in [1.82, 2.24) is 0 Å². The average molecular weight is 881 g/mol. The van der Waals surface area contributed by atoms with Gasteiger partial charge in [0.05, 0.1) is 20.3 Å². The molecule has 26 nitrogen and oxygen atoms in total. The fourth-order valence-electron chi connectivity index (χ4n) is 7.04. The first-order valence-corrected chi connectivity index (χ1v) is 18.6. The third kappa shape index (κ3) is 10.6. The van der Waals surface area contributed by atoms with Gasteiger partial charge in [-0.15, -0.1) is 0 Å². The number of methoxy groups -OCH3 is 1. The molecule has 4 aliphatic rings. The van der Waals surface area contributed by atoms with Crippen LogP contribution in [0.5, 0.6) is 11.5 Å². The third-order valence-electron chi connectivity index (χ3n) is 10.1. The van der Waals surface area contributed by atoms with Crippen molar-refractivity contribution >= 4 is 23.7 Å². The smallest absolute Gasteiger partial charge is 0.335 e. The van der Waals surface area contributed by atoms with Gasteiger partial charge in [-0.2, -0.15) is 0 Å². The molecule has 0 spiro atoms. The molecule has 344 valence electrons. The van der Waals surface area contributed by atoms with Crippen molar-refractivity contribution in [2.75, 3.05) is 20.3 Å². The Kier molecular flexibility index (Phi) is 16.2. The zero-order chi connectivity index (χ0) is 45.0. The lowest BCUT2D eigenvalue weighted by Gasteiger charge is -2.49. The Hall–Kier alpha value is -3.94. The largest absolute Gasteiger partial charge is 0.862 e. The van der Waals surface area contributed by atoms with Gasteiger partial charge in [0.15, 0.2) is 31.1 Å². The predicted octanol–water partition coefficient (Wildman–Crippen LogP) is -7.90. The number of carboxylic acids is 2. The molecular weight excluding hydrogens is 832 g/mol. The van der Waals surface area contributed by atoms with E-state index in [0.29, 0.717) is 5.75 Å². The van der Waals surface area contributed by atoms with Crippen LogP contribution < -0.4 is 19.7 Å². The number of benzene rings is 1. The molecular formula is C35H48N2O24-2. The highest BCUT2D eigenvalue weighted by Gasteiger charge is 2.57. The van der Waals surface area contributed by atoms with E-state index in [1.165, 1.54) is 31.4 Å². The van der Waals surface area contributed by atoms with Gasteiger partial charge in [0.2, 0.25) is 6.29 Å².